The van der Waals surface area contributed by atoms with Crippen LogP contribution in [0.1, 0.15) is 13.3 Å². The number of carbonyl (C=O) groups is 1. The Morgan fingerprint density at radius 3 is 2.42 bits per heavy atom. The molecule has 0 saturated heterocycles. The zero-order chi connectivity index (χ0) is 9.98. The first kappa shape index (κ1) is 14.2. The Hall–Kier alpha value is -0.313. The number of ether oxygens (including phenoxy) is 1. The molecule has 0 radical (unpaired) electrons. The maximum atomic E-state index is 10.3. The van der Waals surface area contributed by atoms with Crippen LogP contribution in [0.2, 0.25) is 0 Å². The summed E-state index contributed by atoms with van der Waals surface area (Å²) in [5, 5.41) is 0. The van der Waals surface area contributed by atoms with E-state index in [2.05, 4.69) is 10.7 Å². The van der Waals surface area contributed by atoms with Gasteiger partial charge in [0.2, 0.25) is 0 Å². The van der Waals surface area contributed by atoms with E-state index < -0.39 is 8.69 Å². The van der Waals surface area contributed by atoms with Crippen molar-refractivity contribution in [1.29, 1.82) is 0 Å². The Kier molecular flexibility index (Phi) is 12.7. The summed E-state index contributed by atoms with van der Waals surface area (Å²) in [5.74, 6) is 2.34. The molecule has 0 rings (SSSR count). The molecule has 0 aliphatic rings. The predicted octanol–water partition coefficient (Wildman–Crippen LogP) is 0.889. The molecule has 4 nitrogen and oxygen atoms in total. The van der Waals surface area contributed by atoms with Crippen LogP contribution in [0.5, 0.6) is 0 Å². The van der Waals surface area contributed by atoms with Crippen molar-refractivity contribution in [3.8, 4) is 12.3 Å². The van der Waals surface area contributed by atoms with Crippen LogP contribution in [0.4, 0.5) is 4.79 Å². The SMILES string of the molecule is O=PO.[Li][C](=O)OC(C#C)CC. The fourth-order valence-electron chi connectivity index (χ4n) is 0.436. The van der Waals surface area contributed by atoms with E-state index in [0.717, 1.165) is 0 Å². The van der Waals surface area contributed by atoms with Gasteiger partial charge >= 0.3 is 72.4 Å². The molecule has 0 aromatic rings. The van der Waals surface area contributed by atoms with E-state index in [1.165, 1.54) is 17.7 Å². The van der Waals surface area contributed by atoms with Gasteiger partial charge in [-0.15, -0.1) is 0 Å². The van der Waals surface area contributed by atoms with Gasteiger partial charge < -0.3 is 4.89 Å². The minimum atomic E-state index is -0.833. The van der Waals surface area contributed by atoms with E-state index in [9.17, 15) is 4.79 Å². The van der Waals surface area contributed by atoms with Gasteiger partial charge in [0.1, 0.15) is 0 Å². The number of terminal acetylenes is 1. The van der Waals surface area contributed by atoms with Crippen molar-refractivity contribution in [3.05, 3.63) is 0 Å². The zero-order valence-corrected chi connectivity index (χ0v) is 7.88. The van der Waals surface area contributed by atoms with Crippen molar-refractivity contribution >= 4 is 31.0 Å². The number of carbonyl (C=O) groups excluding carboxylic acids is 1. The maximum absolute atomic E-state index is 10.3. The molecular formula is C6H8LiO4P. The fraction of sp³-hybridized carbons (Fsp3) is 0.500. The second kappa shape index (κ2) is 10.7. The molecule has 0 aliphatic heterocycles. The van der Waals surface area contributed by atoms with Crippen molar-refractivity contribution in [2.75, 3.05) is 0 Å². The summed E-state index contributed by atoms with van der Waals surface area (Å²) in [4.78, 5) is 17.2. The first-order valence-electron chi connectivity index (χ1n) is 3.22. The van der Waals surface area contributed by atoms with E-state index in [1.807, 2.05) is 6.92 Å². The molecule has 0 aromatic heterocycles. The fourth-order valence-corrected chi connectivity index (χ4v) is 0.436. The molecule has 0 heterocycles. The van der Waals surface area contributed by atoms with Gasteiger partial charge in [-0.05, 0) is 0 Å². The molecule has 0 spiro atoms. The van der Waals surface area contributed by atoms with Gasteiger partial charge in [-0.25, -0.2) is 4.57 Å². The van der Waals surface area contributed by atoms with Crippen molar-refractivity contribution in [2.24, 2.45) is 0 Å². The quantitative estimate of drug-likeness (QED) is 0.391. The standard InChI is InChI=1S/C6H7O2.Li.HO2P/c1-3-6(4-2)8-5-7;;1-3-2/h1,6H,4H2,2H3;;(H,1,2). The number of hydrogen-bond donors (Lipinski definition) is 1. The molecule has 0 aromatic carbocycles. The molecule has 12 heavy (non-hydrogen) atoms. The summed E-state index contributed by atoms with van der Waals surface area (Å²) in [7, 11) is -0.833. The van der Waals surface area contributed by atoms with Crippen LogP contribution in [0, 0.1) is 12.3 Å². The summed E-state index contributed by atoms with van der Waals surface area (Å²) >= 11 is 1.35. The second-order valence-corrected chi connectivity index (χ2v) is 1.92. The molecule has 6 heteroatoms. The van der Waals surface area contributed by atoms with E-state index in [-0.39, 0.29) is 10.7 Å². The van der Waals surface area contributed by atoms with Crippen molar-refractivity contribution in [3.63, 3.8) is 0 Å². The minimum absolute atomic E-state index is 0.320. The molecule has 0 bridgehead atoms. The normalized spacial score (nSPS) is 10.6. The molecule has 0 amide bonds. The third-order valence-electron chi connectivity index (χ3n) is 0.865. The Balaban J connectivity index is 0. The van der Waals surface area contributed by atoms with Crippen molar-refractivity contribution in [1.82, 2.24) is 0 Å². The van der Waals surface area contributed by atoms with Gasteiger partial charge in [0.15, 0.2) is 0 Å². The van der Waals surface area contributed by atoms with Crippen LogP contribution < -0.4 is 0 Å². The average molecular weight is 182 g/mol. The van der Waals surface area contributed by atoms with Crippen LogP contribution in [0.15, 0.2) is 0 Å². The molecule has 0 fully saturated rings. The van der Waals surface area contributed by atoms with E-state index in [4.69, 9.17) is 15.9 Å². The Morgan fingerprint density at radius 2 is 2.33 bits per heavy atom. The topological polar surface area (TPSA) is 63.6 Å². The molecular weight excluding hydrogens is 174 g/mol. The summed E-state index contributed by atoms with van der Waals surface area (Å²) in [6.07, 6.45) is 5.34. The van der Waals surface area contributed by atoms with Gasteiger partial charge in [-0.2, -0.15) is 0 Å². The Morgan fingerprint density at radius 1 is 1.92 bits per heavy atom. The van der Waals surface area contributed by atoms with Gasteiger partial charge in [0.05, 0.1) is 0 Å². The molecule has 0 saturated carbocycles. The third kappa shape index (κ3) is 12.4. The molecule has 62 valence electrons. The molecule has 1 atom stereocenters. The van der Waals surface area contributed by atoms with Crippen LogP contribution in [-0.4, -0.2) is 33.4 Å². The Bertz CT molecular complexity index is 177. The first-order chi connectivity index (χ1) is 5.62. The summed E-state index contributed by atoms with van der Waals surface area (Å²) in [6.45, 7) is 1.87. The number of hydrogen-bond acceptors (Lipinski definition) is 3. The van der Waals surface area contributed by atoms with Gasteiger partial charge in [0.25, 0.3) is 0 Å². The summed E-state index contributed by atoms with van der Waals surface area (Å²) in [5.41, 5.74) is 0. The zero-order valence-electron chi connectivity index (χ0n) is 6.98. The van der Waals surface area contributed by atoms with Crippen LogP contribution >= 0.6 is 8.69 Å². The van der Waals surface area contributed by atoms with Gasteiger partial charge in [-0.1, -0.05) is 0 Å². The molecule has 1 unspecified atom stereocenters. The van der Waals surface area contributed by atoms with Crippen molar-refractivity contribution < 1.29 is 19.0 Å². The van der Waals surface area contributed by atoms with Gasteiger partial charge in [-0.3, -0.25) is 0 Å². The summed E-state index contributed by atoms with van der Waals surface area (Å²) < 4.78 is 12.8. The number of rotatable bonds is 2. The first-order valence-corrected chi connectivity index (χ1v) is 3.98. The molecule has 1 N–H and O–H groups in total. The third-order valence-corrected chi connectivity index (χ3v) is 0.865. The van der Waals surface area contributed by atoms with Crippen LogP contribution in [0.25, 0.3) is 0 Å². The van der Waals surface area contributed by atoms with E-state index in [1.54, 1.807) is 0 Å². The van der Waals surface area contributed by atoms with E-state index >= 15 is 0 Å². The summed E-state index contributed by atoms with van der Waals surface area (Å²) in [6, 6.07) is 0. The second-order valence-electron chi connectivity index (χ2n) is 1.75. The van der Waals surface area contributed by atoms with Crippen LogP contribution in [0.3, 0.4) is 0 Å². The van der Waals surface area contributed by atoms with Gasteiger partial charge in [0, 0.05) is 0 Å². The van der Waals surface area contributed by atoms with E-state index in [0.29, 0.717) is 6.42 Å². The Labute approximate surface area is 82.2 Å². The predicted molar refractivity (Wildman–Crippen MR) is 45.0 cm³/mol. The average Bonchev–Trinajstić information content (AvgIpc) is 2.01. The monoisotopic (exact) mass is 182 g/mol. The van der Waals surface area contributed by atoms with Crippen LogP contribution in [-0.2, 0) is 9.30 Å². The van der Waals surface area contributed by atoms with Crippen molar-refractivity contribution in [2.45, 2.75) is 19.4 Å². The molecule has 0 aliphatic carbocycles.